The van der Waals surface area contributed by atoms with Crippen LogP contribution < -0.4 is 4.57 Å². The number of aryl methyl sites for hydroxylation is 3. The molecule has 0 aliphatic carbocycles. The van der Waals surface area contributed by atoms with Crippen molar-refractivity contribution in [3.05, 3.63) is 138 Å². The van der Waals surface area contributed by atoms with E-state index in [1.807, 2.05) is 67.6 Å². The first-order valence-corrected chi connectivity index (χ1v) is 14.0. The van der Waals surface area contributed by atoms with Crippen molar-refractivity contribution in [3.63, 3.8) is 0 Å². The van der Waals surface area contributed by atoms with Crippen LogP contribution in [0.3, 0.4) is 0 Å². The molecule has 43 heavy (non-hydrogen) atoms. The molecule has 4 heteroatoms. The molecule has 0 amide bonds. The summed E-state index contributed by atoms with van der Waals surface area (Å²) < 4.78 is 46.5. The second-order valence-corrected chi connectivity index (χ2v) is 10.8. The lowest BCUT2D eigenvalue weighted by Crippen LogP contribution is -2.31. The third-order valence-electron chi connectivity index (χ3n) is 8.12. The van der Waals surface area contributed by atoms with Gasteiger partial charge < -0.3 is 4.42 Å². The van der Waals surface area contributed by atoms with E-state index in [0.29, 0.717) is 33.6 Å². The number of furan rings is 1. The summed E-state index contributed by atoms with van der Waals surface area (Å²) in [6.45, 7) is -0.672. The quantitative estimate of drug-likeness (QED) is 0.200. The molecule has 5 aromatic carbocycles. The zero-order chi connectivity index (χ0) is 32.2. The Hall–Kier alpha value is -5.53. The lowest BCUT2D eigenvalue weighted by Gasteiger charge is -2.08. The molecule has 0 spiro atoms. The third-order valence-corrected chi connectivity index (χ3v) is 8.12. The lowest BCUT2D eigenvalue weighted by molar-refractivity contribution is -0.661. The molecule has 0 aliphatic heterocycles. The van der Waals surface area contributed by atoms with Gasteiger partial charge in [-0.05, 0) is 59.3 Å². The average Bonchev–Trinajstić information content (AvgIpc) is 3.44. The summed E-state index contributed by atoms with van der Waals surface area (Å²) in [5.74, 6) is -0.803. The van der Waals surface area contributed by atoms with Crippen LogP contribution in [0.25, 0.3) is 66.6 Å². The molecule has 0 atom stereocenters. The topological polar surface area (TPSA) is 40.8 Å². The van der Waals surface area contributed by atoms with Crippen molar-refractivity contribution in [2.45, 2.75) is 13.8 Å². The van der Waals surface area contributed by atoms with Crippen molar-refractivity contribution in [1.29, 1.82) is 5.26 Å². The molecule has 2 heterocycles. The maximum Gasteiger partial charge on any atom is 0.219 e. The Morgan fingerprint density at radius 3 is 1.86 bits per heavy atom. The number of halogens is 1. The van der Waals surface area contributed by atoms with Gasteiger partial charge in [-0.1, -0.05) is 91.0 Å². The van der Waals surface area contributed by atoms with Crippen LogP contribution in [-0.4, -0.2) is 0 Å². The summed E-state index contributed by atoms with van der Waals surface area (Å²) in [4.78, 5) is 0. The smallest absolute Gasteiger partial charge is 0.219 e. The fourth-order valence-corrected chi connectivity index (χ4v) is 5.89. The van der Waals surface area contributed by atoms with Gasteiger partial charge in [-0.15, -0.1) is 0 Å². The molecule has 2 aromatic heterocycles. The average molecular weight is 563 g/mol. The third kappa shape index (κ3) is 4.47. The predicted octanol–water partition coefficient (Wildman–Crippen LogP) is 9.71. The van der Waals surface area contributed by atoms with Gasteiger partial charge in [-0.25, -0.2) is 8.96 Å². The number of aromatic nitrogens is 1. The van der Waals surface area contributed by atoms with Crippen LogP contribution in [0, 0.1) is 30.9 Å². The normalized spacial score (nSPS) is 12.6. The number of fused-ring (bicyclic) bond motifs is 3. The minimum absolute atomic E-state index is 0.343. The Morgan fingerprint density at radius 1 is 0.698 bits per heavy atom. The van der Waals surface area contributed by atoms with Gasteiger partial charge in [-0.3, -0.25) is 0 Å². The van der Waals surface area contributed by atoms with E-state index in [1.54, 1.807) is 17.7 Å². The van der Waals surface area contributed by atoms with Crippen LogP contribution in [0.4, 0.5) is 4.39 Å². The summed E-state index contributed by atoms with van der Waals surface area (Å²) in [6, 6.07) is 37.9. The number of hydrogen-bond acceptors (Lipinski definition) is 2. The summed E-state index contributed by atoms with van der Waals surface area (Å²) in [6.07, 6.45) is 1.31. The predicted molar refractivity (Wildman–Crippen MR) is 171 cm³/mol. The molecule has 0 aliphatic rings. The van der Waals surface area contributed by atoms with Crippen LogP contribution >= 0.6 is 0 Å². The van der Waals surface area contributed by atoms with E-state index in [2.05, 4.69) is 42.5 Å². The minimum Gasteiger partial charge on any atom is -0.454 e. The highest BCUT2D eigenvalue weighted by Crippen LogP contribution is 2.42. The summed E-state index contributed by atoms with van der Waals surface area (Å²) >= 11 is 0. The van der Waals surface area contributed by atoms with Crippen molar-refractivity contribution >= 4 is 21.9 Å². The van der Waals surface area contributed by atoms with Crippen molar-refractivity contribution in [2.75, 3.05) is 0 Å². The van der Waals surface area contributed by atoms with E-state index in [-0.39, 0.29) is 5.56 Å². The Morgan fingerprint density at radius 2 is 1.26 bits per heavy atom. The summed E-state index contributed by atoms with van der Waals surface area (Å²) in [5.41, 5.74) is 9.17. The van der Waals surface area contributed by atoms with Crippen molar-refractivity contribution in [1.82, 2.24) is 0 Å². The fourth-order valence-electron chi connectivity index (χ4n) is 5.89. The van der Waals surface area contributed by atoms with E-state index in [9.17, 15) is 5.26 Å². The van der Waals surface area contributed by atoms with Crippen LogP contribution in [-0.2, 0) is 7.05 Å². The van der Waals surface area contributed by atoms with E-state index in [1.165, 1.54) is 12.3 Å². The standard InChI is InChI=1S/C39H28FN2O/c1-24-9-19-32-33-20-18-31(22-41)37(39(33)43-38(32)36(24)35-21-34(40)25(2)23-42(35)3)30-16-14-29(15-17-30)28-12-10-27(11-13-28)26-7-5-4-6-8-26/h4-21,23H,1-3H3/q+1/i2D3. The van der Waals surface area contributed by atoms with Gasteiger partial charge >= 0.3 is 0 Å². The van der Waals surface area contributed by atoms with Gasteiger partial charge in [0.2, 0.25) is 5.69 Å². The monoisotopic (exact) mass is 562 g/mol. The van der Waals surface area contributed by atoms with Gasteiger partial charge in [0.05, 0.1) is 17.2 Å². The van der Waals surface area contributed by atoms with Gasteiger partial charge in [0, 0.05) is 32.1 Å². The molecule has 206 valence electrons. The zero-order valence-electron chi connectivity index (χ0n) is 26.7. The molecule has 0 fully saturated rings. The van der Waals surface area contributed by atoms with Gasteiger partial charge in [0.15, 0.2) is 6.20 Å². The van der Waals surface area contributed by atoms with E-state index >= 15 is 4.39 Å². The molecule has 3 nitrogen and oxygen atoms in total. The van der Waals surface area contributed by atoms with Gasteiger partial charge in [-0.2, -0.15) is 5.26 Å². The fraction of sp³-hybridized carbons (Fsp3) is 0.0769. The van der Waals surface area contributed by atoms with E-state index in [4.69, 9.17) is 8.53 Å². The first-order valence-electron chi connectivity index (χ1n) is 15.5. The van der Waals surface area contributed by atoms with Crippen molar-refractivity contribution in [2.24, 2.45) is 7.05 Å². The van der Waals surface area contributed by atoms with Crippen LogP contribution in [0.2, 0.25) is 0 Å². The number of nitrogens with zero attached hydrogens (tertiary/aromatic N) is 2. The number of nitriles is 1. The van der Waals surface area contributed by atoms with E-state index < -0.39 is 12.7 Å². The Kier molecular flexibility index (Phi) is 5.57. The number of hydrogen-bond donors (Lipinski definition) is 0. The Balaban J connectivity index is 1.35. The zero-order valence-corrected chi connectivity index (χ0v) is 23.7. The van der Waals surface area contributed by atoms with Crippen molar-refractivity contribution < 1.29 is 17.5 Å². The molecule has 0 unspecified atom stereocenters. The highest BCUT2D eigenvalue weighted by molar-refractivity contribution is 6.14. The second kappa shape index (κ2) is 10.4. The number of benzene rings is 5. The van der Waals surface area contributed by atoms with Crippen LogP contribution in [0.1, 0.15) is 20.8 Å². The molecule has 0 saturated carbocycles. The molecule has 7 rings (SSSR count). The SMILES string of the molecule is [2H]C([2H])([2H])c1c[n+](C)c(-c2c(C)ccc3c2oc2c(-c4ccc(-c5ccc(-c6ccccc6)cc5)cc4)c(C#N)ccc23)cc1F. The van der Waals surface area contributed by atoms with Gasteiger partial charge in [0.25, 0.3) is 0 Å². The van der Waals surface area contributed by atoms with Crippen LogP contribution in [0.15, 0.2) is 120 Å². The van der Waals surface area contributed by atoms with Crippen LogP contribution in [0.5, 0.6) is 0 Å². The highest BCUT2D eigenvalue weighted by atomic mass is 19.1. The second-order valence-electron chi connectivity index (χ2n) is 10.8. The molecule has 0 N–H and O–H groups in total. The Bertz CT molecular complexity index is 2320. The molecule has 0 saturated heterocycles. The largest absolute Gasteiger partial charge is 0.454 e. The summed E-state index contributed by atoms with van der Waals surface area (Å²) in [5, 5.41) is 11.8. The maximum absolute atomic E-state index is 15.1. The minimum atomic E-state index is -2.58. The maximum atomic E-state index is 15.1. The first-order chi connectivity index (χ1) is 22.1. The lowest BCUT2D eigenvalue weighted by atomic mass is 9.94. The number of rotatable bonds is 4. The molecule has 0 radical (unpaired) electrons. The molecule has 0 bridgehead atoms. The molecular formula is C39H28FN2O+. The molecular weight excluding hydrogens is 531 g/mol. The Labute approximate surface area is 253 Å². The summed E-state index contributed by atoms with van der Waals surface area (Å²) in [7, 11) is 1.70. The highest BCUT2D eigenvalue weighted by Gasteiger charge is 2.24. The van der Waals surface area contributed by atoms with E-state index in [0.717, 1.165) is 44.2 Å². The first kappa shape index (κ1) is 23.1. The number of pyridine rings is 1. The molecule has 7 aromatic rings. The van der Waals surface area contributed by atoms with Gasteiger partial charge in [0.1, 0.15) is 24.0 Å². The van der Waals surface area contributed by atoms with Crippen molar-refractivity contribution in [3.8, 4) is 50.7 Å².